The predicted octanol–water partition coefficient (Wildman–Crippen LogP) is -1.78. The smallest absolute Gasteiger partial charge is 0.387 e. The van der Waals surface area contributed by atoms with Gasteiger partial charge in [0.2, 0.25) is 11.8 Å². The first-order valence-electron chi connectivity index (χ1n) is 12.9. The molecule has 0 spiro atoms. The average Bonchev–Trinajstić information content (AvgIpc) is 3.50. The molecule has 2 aromatic rings. The third-order valence-electron chi connectivity index (χ3n) is 6.28. The Morgan fingerprint density at radius 1 is 1.14 bits per heavy atom. The number of anilines is 1. The molecule has 0 aromatic carbocycles. The fraction of sp³-hybridized carbons (Fsp3) is 0.667. The zero-order valence-electron chi connectivity index (χ0n) is 23.5. The highest BCUT2D eigenvalue weighted by Gasteiger charge is 2.46. The van der Waals surface area contributed by atoms with Crippen molar-refractivity contribution >= 4 is 57.1 Å². The number of hydrogen-bond acceptors (Lipinski definition) is 16. The Morgan fingerprint density at radius 2 is 1.82 bits per heavy atom. The van der Waals surface area contributed by atoms with Crippen molar-refractivity contribution in [3.8, 4) is 0 Å². The molecule has 7 atom stereocenters. The lowest BCUT2D eigenvalue weighted by molar-refractivity contribution is -0.137. The van der Waals surface area contributed by atoms with Gasteiger partial charge in [-0.05, 0) is 0 Å². The first kappa shape index (κ1) is 36.2. The Balaban J connectivity index is 1.50. The van der Waals surface area contributed by atoms with E-state index in [0.717, 1.165) is 6.33 Å². The number of hydrogen-bond donors (Lipinski definition) is 9. The van der Waals surface area contributed by atoms with Gasteiger partial charge < -0.3 is 46.2 Å². The summed E-state index contributed by atoms with van der Waals surface area (Å²) in [5.74, 6) is -0.760. The third-order valence-corrected chi connectivity index (χ3v) is 9.09. The lowest BCUT2D eigenvalue weighted by Gasteiger charge is -2.30. The number of aliphatic hydroxyl groups excluding tert-OH is 3. The largest absolute Gasteiger partial charge is 0.481 e. The number of ether oxygens (including phenoxy) is 1. The molecule has 20 nitrogen and oxygen atoms in total. The van der Waals surface area contributed by atoms with Gasteiger partial charge >= 0.3 is 15.6 Å². The van der Waals surface area contributed by atoms with Crippen molar-refractivity contribution in [3.63, 3.8) is 0 Å². The van der Waals surface area contributed by atoms with Crippen LogP contribution in [0.1, 0.15) is 26.5 Å². The fourth-order valence-corrected chi connectivity index (χ4v) is 6.22. The molecule has 0 radical (unpaired) electrons. The summed E-state index contributed by atoms with van der Waals surface area (Å²) in [6, 6.07) is 0. The normalized spacial score (nSPS) is 24.0. The van der Waals surface area contributed by atoms with E-state index in [2.05, 4.69) is 42.5 Å². The van der Waals surface area contributed by atoms with Crippen molar-refractivity contribution in [3.05, 3.63) is 12.7 Å². The Kier molecular flexibility index (Phi) is 12.3. The number of thiol groups is 1. The number of rotatable bonds is 16. The van der Waals surface area contributed by atoms with Gasteiger partial charge in [0.05, 0.1) is 19.5 Å². The molecule has 248 valence electrons. The molecule has 1 fully saturated rings. The molecule has 9 N–H and O–H groups in total. The molecule has 1 saturated heterocycles. The molecule has 0 bridgehead atoms. The first-order valence-corrected chi connectivity index (χ1v) is 16.5. The van der Waals surface area contributed by atoms with Crippen LogP contribution in [-0.4, -0.2) is 113 Å². The monoisotopic (exact) mass is 687 g/mol. The van der Waals surface area contributed by atoms with Gasteiger partial charge in [0, 0.05) is 30.7 Å². The summed E-state index contributed by atoms with van der Waals surface area (Å²) in [5.41, 5.74) is 4.60. The van der Waals surface area contributed by atoms with Gasteiger partial charge in [0.25, 0.3) is 0 Å². The summed E-state index contributed by atoms with van der Waals surface area (Å²) in [5, 5.41) is 36.2. The number of phosphoric acid groups is 2. The van der Waals surface area contributed by atoms with E-state index in [4.69, 9.17) is 19.5 Å². The van der Waals surface area contributed by atoms with E-state index in [1.807, 2.05) is 0 Å². The highest BCUT2D eigenvalue weighted by Crippen LogP contribution is 2.61. The van der Waals surface area contributed by atoms with Crippen LogP contribution >= 0.6 is 28.3 Å². The number of nitrogen functional groups attached to an aromatic ring is 1. The van der Waals surface area contributed by atoms with Crippen LogP contribution < -0.4 is 16.4 Å². The Morgan fingerprint density at radius 3 is 2.50 bits per heavy atom. The van der Waals surface area contributed by atoms with Crippen LogP contribution in [0.15, 0.2) is 12.7 Å². The highest BCUT2D eigenvalue weighted by atomic mass is 32.1. The van der Waals surface area contributed by atoms with E-state index in [1.165, 1.54) is 24.7 Å². The minimum atomic E-state index is -5.35. The van der Waals surface area contributed by atoms with Gasteiger partial charge in [0.1, 0.15) is 36.3 Å². The second kappa shape index (κ2) is 14.9. The number of imidazole rings is 1. The number of nitrogens with one attached hydrogen (secondary N) is 2. The second-order valence-electron chi connectivity index (χ2n) is 10.2. The Hall–Kier alpha value is -2.26. The SMILES string of the molecule is CC(C)(COP(=O)(O)OP(=O)(O)OC[C@@H]1O[C@H](n2cnc3c(N)ncnc32)[C@H](O)[C@@H]1O)[C@H](O)C(=O)NCCC(=O)NCCS. The first-order chi connectivity index (χ1) is 20.5. The molecule has 0 aliphatic carbocycles. The molecule has 0 saturated carbocycles. The predicted molar refractivity (Wildman–Crippen MR) is 153 cm³/mol. The van der Waals surface area contributed by atoms with Crippen LogP contribution in [0.5, 0.6) is 0 Å². The number of carbonyl (C=O) groups excluding carboxylic acids is 2. The number of nitrogens with two attached hydrogens (primary N) is 1. The number of nitrogens with zero attached hydrogens (tertiary/aromatic N) is 4. The van der Waals surface area contributed by atoms with Crippen LogP contribution in [-0.2, 0) is 36.8 Å². The van der Waals surface area contributed by atoms with Crippen molar-refractivity contribution in [1.82, 2.24) is 30.2 Å². The standard InChI is InChI=1S/C21H35N7O13P2S/c1-21(2,16(32)19(33)24-4-3-12(29)23-5-6-44)8-39-43(36,37)41-42(34,35)38-7-11-14(30)15(31)20(40-11)28-10-27-13-17(22)25-9-26-18(13)28/h9-11,14-16,20,30-32,44H,3-8H2,1-2H3,(H,23,29)(H,24,33)(H,34,35)(H,36,37)(H2,22,25,26)/t11-,14+,15+,16+,20-/m0/s1. The van der Waals surface area contributed by atoms with Crippen LogP contribution in [0.2, 0.25) is 0 Å². The quantitative estimate of drug-likeness (QED) is 0.0696. The van der Waals surface area contributed by atoms with Crippen LogP contribution in [0.3, 0.4) is 0 Å². The van der Waals surface area contributed by atoms with Gasteiger partial charge in [-0.1, -0.05) is 13.8 Å². The summed E-state index contributed by atoms with van der Waals surface area (Å²) >= 11 is 3.96. The van der Waals surface area contributed by atoms with E-state index in [1.54, 1.807) is 0 Å². The van der Waals surface area contributed by atoms with E-state index < -0.39 is 70.8 Å². The van der Waals surface area contributed by atoms with E-state index in [9.17, 15) is 43.8 Å². The van der Waals surface area contributed by atoms with E-state index in [0.29, 0.717) is 12.3 Å². The summed E-state index contributed by atoms with van der Waals surface area (Å²) in [7, 11) is -10.7. The van der Waals surface area contributed by atoms with Crippen molar-refractivity contribution in [2.75, 3.05) is 37.8 Å². The van der Waals surface area contributed by atoms with Gasteiger partial charge in [-0.2, -0.15) is 16.9 Å². The van der Waals surface area contributed by atoms with Crippen molar-refractivity contribution in [1.29, 1.82) is 0 Å². The molecule has 2 unspecified atom stereocenters. The maximum Gasteiger partial charge on any atom is 0.481 e. The number of fused-ring (bicyclic) bond motifs is 1. The minimum absolute atomic E-state index is 0.0540. The maximum absolute atomic E-state index is 12.4. The molecule has 44 heavy (non-hydrogen) atoms. The summed E-state index contributed by atoms with van der Waals surface area (Å²) in [6.07, 6.45) is -5.39. The van der Waals surface area contributed by atoms with Gasteiger partial charge in [0.15, 0.2) is 17.7 Å². The molecular formula is C21H35N7O13P2S. The zero-order chi connectivity index (χ0) is 32.9. The van der Waals surface area contributed by atoms with Crippen molar-refractivity contribution < 1.29 is 61.9 Å². The molecule has 23 heteroatoms. The summed E-state index contributed by atoms with van der Waals surface area (Å²) in [4.78, 5) is 55.7. The van der Waals surface area contributed by atoms with Gasteiger partial charge in [-0.15, -0.1) is 0 Å². The van der Waals surface area contributed by atoms with Crippen molar-refractivity contribution in [2.24, 2.45) is 5.41 Å². The molecular weight excluding hydrogens is 652 g/mol. The lowest BCUT2D eigenvalue weighted by Crippen LogP contribution is -2.46. The average molecular weight is 688 g/mol. The molecule has 3 heterocycles. The van der Waals surface area contributed by atoms with Crippen LogP contribution in [0, 0.1) is 5.41 Å². The number of carbonyl (C=O) groups is 2. The van der Waals surface area contributed by atoms with Gasteiger partial charge in [-0.3, -0.25) is 23.2 Å². The number of phosphoric ester groups is 2. The Labute approximate surface area is 255 Å². The lowest BCUT2D eigenvalue weighted by atomic mass is 9.87. The third kappa shape index (κ3) is 9.38. The summed E-state index contributed by atoms with van der Waals surface area (Å²) < 4.78 is 45.3. The molecule has 3 rings (SSSR count). The molecule has 1 aliphatic rings. The van der Waals surface area contributed by atoms with Crippen LogP contribution in [0.4, 0.5) is 5.82 Å². The highest BCUT2D eigenvalue weighted by molar-refractivity contribution is 7.80. The number of aliphatic hydroxyl groups is 3. The van der Waals surface area contributed by atoms with Crippen LogP contribution in [0.25, 0.3) is 11.2 Å². The zero-order valence-corrected chi connectivity index (χ0v) is 26.2. The second-order valence-corrected chi connectivity index (χ2v) is 13.7. The summed E-state index contributed by atoms with van der Waals surface area (Å²) in [6.45, 7) is 1.16. The maximum atomic E-state index is 12.4. The van der Waals surface area contributed by atoms with Gasteiger partial charge in [-0.25, -0.2) is 24.1 Å². The molecule has 2 amide bonds. The molecule has 1 aliphatic heterocycles. The fourth-order valence-electron chi connectivity index (χ4n) is 3.86. The number of aromatic nitrogens is 4. The van der Waals surface area contributed by atoms with E-state index >= 15 is 0 Å². The minimum Gasteiger partial charge on any atom is -0.387 e. The Bertz CT molecular complexity index is 1420. The van der Waals surface area contributed by atoms with Crippen molar-refractivity contribution in [2.45, 2.75) is 50.9 Å². The topological polar surface area (TPSA) is 300 Å². The van der Waals surface area contributed by atoms with E-state index in [-0.39, 0.29) is 35.9 Å². The molecule has 2 aromatic heterocycles. The number of amides is 2.